The minimum atomic E-state index is 0. The van der Waals surface area contributed by atoms with E-state index in [1.807, 2.05) is 18.2 Å². The zero-order valence-electron chi connectivity index (χ0n) is 16.0. The molecule has 2 rings (SSSR count). The van der Waals surface area contributed by atoms with Crippen LogP contribution in [0.1, 0.15) is 17.5 Å². The van der Waals surface area contributed by atoms with Crippen LogP contribution in [0.5, 0.6) is 11.5 Å². The van der Waals surface area contributed by atoms with Crippen LogP contribution in [0.15, 0.2) is 36.5 Å². The molecule has 0 aliphatic rings. The lowest BCUT2D eigenvalue weighted by Crippen LogP contribution is -3.06. The van der Waals surface area contributed by atoms with Gasteiger partial charge in [-0.25, -0.2) is 4.98 Å². The first-order valence-corrected chi connectivity index (χ1v) is 8.97. The van der Waals surface area contributed by atoms with E-state index in [2.05, 4.69) is 30.5 Å². The lowest BCUT2D eigenvalue weighted by Gasteiger charge is -2.12. The van der Waals surface area contributed by atoms with Crippen molar-refractivity contribution in [3.05, 3.63) is 52.8 Å². The third-order valence-corrected chi connectivity index (χ3v) is 4.10. The molecule has 1 heterocycles. The Labute approximate surface area is 179 Å². The number of hydrogen-bond donors (Lipinski definition) is 2. The summed E-state index contributed by atoms with van der Waals surface area (Å²) in [5.74, 6) is 1.49. The zero-order valence-corrected chi connectivity index (χ0v) is 18.2. The monoisotopic (exact) mass is 435 g/mol. The van der Waals surface area contributed by atoms with E-state index < -0.39 is 0 Å². The normalized spacial score (nSPS) is 10.1. The average Bonchev–Trinajstić information content (AvgIpc) is 2.61. The number of nitrogens with zero attached hydrogens (tertiary/aromatic N) is 1. The van der Waals surface area contributed by atoms with Crippen molar-refractivity contribution in [2.24, 2.45) is 0 Å². The van der Waals surface area contributed by atoms with E-state index in [0.29, 0.717) is 11.8 Å². The first-order valence-electron chi connectivity index (χ1n) is 8.59. The van der Waals surface area contributed by atoms with Gasteiger partial charge in [-0.15, -0.1) is 0 Å². The molecule has 0 aliphatic heterocycles. The molecule has 0 bridgehead atoms. The number of rotatable bonds is 10. The largest absolute Gasteiger partial charge is 1.00 e. The Balaban J connectivity index is 0.00000338. The summed E-state index contributed by atoms with van der Waals surface area (Å²) in [5.41, 5.74) is 2.20. The number of nitrogens with one attached hydrogen (secondary N) is 1. The van der Waals surface area contributed by atoms with Gasteiger partial charge in [0.15, 0.2) is 11.5 Å². The van der Waals surface area contributed by atoms with E-state index in [1.54, 1.807) is 19.4 Å². The van der Waals surface area contributed by atoms with Gasteiger partial charge in [-0.1, -0.05) is 17.7 Å². The van der Waals surface area contributed by atoms with Gasteiger partial charge in [-0.2, -0.15) is 0 Å². The summed E-state index contributed by atoms with van der Waals surface area (Å²) in [6, 6.07) is 9.76. The third kappa shape index (κ3) is 9.49. The second kappa shape index (κ2) is 13.9. The van der Waals surface area contributed by atoms with Crippen molar-refractivity contribution in [3.8, 4) is 11.5 Å². The van der Waals surface area contributed by atoms with Crippen molar-refractivity contribution >= 4 is 11.6 Å². The standard InChI is InChI=1S/C19H26ClN3O2.2ClH/c1-23(2)10-4-9-21-12-15-5-7-17(18(11-15)24-3)25-14-16-6-8-19(20)22-13-16;;/h5-8,11,13,21H,4,9-10,12,14H2,1-3H3;2*1H. The SMILES string of the molecule is COc1cc(C[NH2+]CCC[NH+](C)C)ccc1OCc1ccc(Cl)nc1.[Cl-].[Cl-]. The predicted octanol–water partition coefficient (Wildman–Crippen LogP) is -5.07. The molecule has 0 spiro atoms. The third-order valence-electron chi connectivity index (χ3n) is 3.88. The summed E-state index contributed by atoms with van der Waals surface area (Å²) in [4.78, 5) is 5.55. The van der Waals surface area contributed by atoms with Crippen molar-refractivity contribution in [2.75, 3.05) is 34.3 Å². The minimum Gasteiger partial charge on any atom is -1.00 e. The average molecular weight is 437 g/mol. The summed E-state index contributed by atoms with van der Waals surface area (Å²) < 4.78 is 11.3. The molecule has 1 aromatic heterocycles. The molecule has 0 saturated carbocycles. The number of aromatic nitrogens is 1. The molecule has 0 atom stereocenters. The lowest BCUT2D eigenvalue weighted by molar-refractivity contribution is -0.860. The molecule has 152 valence electrons. The van der Waals surface area contributed by atoms with Crippen molar-refractivity contribution in [1.82, 2.24) is 4.98 Å². The van der Waals surface area contributed by atoms with Crippen LogP contribution in [0.25, 0.3) is 0 Å². The van der Waals surface area contributed by atoms with E-state index in [-0.39, 0.29) is 24.8 Å². The highest BCUT2D eigenvalue weighted by Crippen LogP contribution is 2.28. The number of ether oxygens (including phenoxy) is 2. The number of pyridine rings is 1. The molecule has 0 saturated heterocycles. The van der Waals surface area contributed by atoms with E-state index >= 15 is 0 Å². The lowest BCUT2D eigenvalue weighted by atomic mass is 10.2. The van der Waals surface area contributed by atoms with Crippen LogP contribution in [-0.2, 0) is 13.2 Å². The van der Waals surface area contributed by atoms with Crippen molar-refractivity contribution in [1.29, 1.82) is 0 Å². The van der Waals surface area contributed by atoms with Crippen LogP contribution >= 0.6 is 11.6 Å². The Morgan fingerprint density at radius 1 is 1.07 bits per heavy atom. The Morgan fingerprint density at radius 2 is 1.81 bits per heavy atom. The number of quaternary nitrogens is 2. The summed E-state index contributed by atoms with van der Waals surface area (Å²) in [5, 5.41) is 2.81. The molecule has 2 aromatic rings. The highest BCUT2D eigenvalue weighted by molar-refractivity contribution is 6.29. The van der Waals surface area contributed by atoms with Crippen LogP contribution in [-0.4, -0.2) is 39.3 Å². The first-order chi connectivity index (χ1) is 12.1. The molecule has 0 fully saturated rings. The fourth-order valence-electron chi connectivity index (χ4n) is 2.48. The van der Waals surface area contributed by atoms with Crippen LogP contribution in [0.3, 0.4) is 0 Å². The van der Waals surface area contributed by atoms with Gasteiger partial charge in [0.25, 0.3) is 0 Å². The quantitative estimate of drug-likeness (QED) is 0.290. The molecule has 3 N–H and O–H groups in total. The Hall–Kier alpha value is -1.24. The molecule has 0 amide bonds. The van der Waals surface area contributed by atoms with Gasteiger partial charge in [-0.3, -0.25) is 0 Å². The number of benzene rings is 1. The van der Waals surface area contributed by atoms with Gasteiger partial charge >= 0.3 is 0 Å². The highest BCUT2D eigenvalue weighted by Gasteiger charge is 2.08. The molecule has 5 nitrogen and oxygen atoms in total. The van der Waals surface area contributed by atoms with E-state index in [0.717, 1.165) is 30.2 Å². The summed E-state index contributed by atoms with van der Waals surface area (Å²) in [7, 11) is 6.03. The molecule has 1 aromatic carbocycles. The van der Waals surface area contributed by atoms with Crippen LogP contribution < -0.4 is 44.5 Å². The van der Waals surface area contributed by atoms with E-state index in [4.69, 9.17) is 21.1 Å². The fraction of sp³-hybridized carbons (Fsp3) is 0.421. The summed E-state index contributed by atoms with van der Waals surface area (Å²) in [6.45, 7) is 3.71. The summed E-state index contributed by atoms with van der Waals surface area (Å²) >= 11 is 5.79. The fourth-order valence-corrected chi connectivity index (χ4v) is 2.59. The van der Waals surface area contributed by atoms with Gasteiger partial charge in [0.1, 0.15) is 18.3 Å². The number of hydrogen-bond acceptors (Lipinski definition) is 3. The van der Waals surface area contributed by atoms with Gasteiger partial charge in [0.05, 0.1) is 34.3 Å². The number of halogens is 3. The maximum absolute atomic E-state index is 5.86. The predicted molar refractivity (Wildman–Crippen MR) is 99.4 cm³/mol. The molecule has 0 aliphatic carbocycles. The maximum Gasteiger partial charge on any atom is 0.161 e. The van der Waals surface area contributed by atoms with E-state index in [9.17, 15) is 0 Å². The molecular formula is C19H28Cl3N3O2. The minimum absolute atomic E-state index is 0. The molecule has 0 unspecified atom stereocenters. The van der Waals surface area contributed by atoms with Gasteiger partial charge in [0, 0.05) is 23.7 Å². The Bertz CT molecular complexity index is 655. The first kappa shape index (κ1) is 25.8. The van der Waals surface area contributed by atoms with Crippen LogP contribution in [0, 0.1) is 0 Å². The van der Waals surface area contributed by atoms with Crippen molar-refractivity contribution in [2.45, 2.75) is 19.6 Å². The zero-order chi connectivity index (χ0) is 18.1. The Kier molecular flexibility index (Phi) is 13.2. The van der Waals surface area contributed by atoms with Gasteiger partial charge in [0.2, 0.25) is 0 Å². The van der Waals surface area contributed by atoms with Crippen molar-refractivity contribution < 1.29 is 44.5 Å². The number of methoxy groups -OCH3 is 1. The van der Waals surface area contributed by atoms with Crippen molar-refractivity contribution in [3.63, 3.8) is 0 Å². The topological polar surface area (TPSA) is 52.4 Å². The highest BCUT2D eigenvalue weighted by atomic mass is 35.5. The van der Waals surface area contributed by atoms with Gasteiger partial charge in [-0.05, 0) is 24.3 Å². The smallest absolute Gasteiger partial charge is 0.161 e. The second-order valence-electron chi connectivity index (χ2n) is 6.36. The summed E-state index contributed by atoms with van der Waals surface area (Å²) in [6.07, 6.45) is 2.93. The molecule has 0 radical (unpaired) electrons. The van der Waals surface area contributed by atoms with Crippen LogP contribution in [0.4, 0.5) is 0 Å². The maximum atomic E-state index is 5.86. The molecule has 27 heavy (non-hydrogen) atoms. The molecular weight excluding hydrogens is 409 g/mol. The van der Waals surface area contributed by atoms with Gasteiger partial charge < -0.3 is 44.5 Å². The number of nitrogens with two attached hydrogens (primary N) is 1. The molecule has 8 heteroatoms. The Morgan fingerprint density at radius 3 is 2.44 bits per heavy atom. The van der Waals surface area contributed by atoms with Crippen LogP contribution in [0.2, 0.25) is 5.15 Å². The van der Waals surface area contributed by atoms with E-state index in [1.165, 1.54) is 23.4 Å². The second-order valence-corrected chi connectivity index (χ2v) is 6.74.